The van der Waals surface area contributed by atoms with Crippen molar-refractivity contribution in [2.75, 3.05) is 5.32 Å². The second-order valence-corrected chi connectivity index (χ2v) is 4.76. The number of anilines is 1. The Morgan fingerprint density at radius 2 is 2.20 bits per heavy atom. The van der Waals surface area contributed by atoms with Gasteiger partial charge in [-0.15, -0.1) is 0 Å². The summed E-state index contributed by atoms with van der Waals surface area (Å²) in [7, 11) is 0. The minimum absolute atomic E-state index is 0.0459. The Kier molecular flexibility index (Phi) is 1.68. The predicted molar refractivity (Wildman–Crippen MR) is 58.6 cm³/mol. The first-order chi connectivity index (χ1) is 7.15. The van der Waals surface area contributed by atoms with E-state index in [4.69, 9.17) is 5.73 Å². The summed E-state index contributed by atoms with van der Waals surface area (Å²) in [5.74, 6) is 0.0935. The Hall–Kier alpha value is -1.35. The number of carbonyl (C=O) groups excluding carboxylic acids is 1. The van der Waals surface area contributed by atoms with Crippen molar-refractivity contribution in [2.45, 2.75) is 31.2 Å². The van der Waals surface area contributed by atoms with Gasteiger partial charge in [0.1, 0.15) is 0 Å². The van der Waals surface area contributed by atoms with E-state index in [9.17, 15) is 4.79 Å². The highest BCUT2D eigenvalue weighted by molar-refractivity contribution is 5.99. The molecular formula is C12H14N2O. The van der Waals surface area contributed by atoms with E-state index in [1.165, 1.54) is 5.56 Å². The summed E-state index contributed by atoms with van der Waals surface area (Å²) < 4.78 is 0. The third-order valence-corrected chi connectivity index (χ3v) is 3.24. The second kappa shape index (κ2) is 2.83. The van der Waals surface area contributed by atoms with E-state index in [2.05, 4.69) is 17.4 Å². The van der Waals surface area contributed by atoms with Crippen LogP contribution in [0.2, 0.25) is 0 Å². The van der Waals surface area contributed by atoms with Crippen LogP contribution in [0.5, 0.6) is 0 Å². The van der Waals surface area contributed by atoms with Crippen LogP contribution < -0.4 is 11.1 Å². The quantitative estimate of drug-likeness (QED) is 0.757. The molecule has 1 amide bonds. The SMILES string of the molecule is NC1(Cc2ccc3c(c2)CC(=O)N3)CC1. The second-order valence-electron chi connectivity index (χ2n) is 4.76. The first kappa shape index (κ1) is 8.92. The van der Waals surface area contributed by atoms with Crippen LogP contribution in [-0.2, 0) is 17.6 Å². The number of amides is 1. The normalized spacial score (nSPS) is 21.0. The zero-order valence-electron chi connectivity index (χ0n) is 8.55. The number of carbonyl (C=O) groups is 1. The fraction of sp³-hybridized carbons (Fsp3) is 0.417. The van der Waals surface area contributed by atoms with Crippen molar-refractivity contribution in [1.82, 2.24) is 0 Å². The summed E-state index contributed by atoms with van der Waals surface area (Å²) >= 11 is 0. The Morgan fingerprint density at radius 1 is 1.40 bits per heavy atom. The van der Waals surface area contributed by atoms with E-state index in [-0.39, 0.29) is 11.4 Å². The topological polar surface area (TPSA) is 55.1 Å². The smallest absolute Gasteiger partial charge is 0.228 e. The molecule has 1 fully saturated rings. The van der Waals surface area contributed by atoms with E-state index in [0.717, 1.165) is 30.5 Å². The van der Waals surface area contributed by atoms with Gasteiger partial charge in [0.05, 0.1) is 6.42 Å². The lowest BCUT2D eigenvalue weighted by molar-refractivity contribution is -0.115. The molecule has 1 aromatic carbocycles. The van der Waals surface area contributed by atoms with Crippen molar-refractivity contribution in [3.05, 3.63) is 29.3 Å². The van der Waals surface area contributed by atoms with Crippen LogP contribution >= 0.6 is 0 Å². The first-order valence-corrected chi connectivity index (χ1v) is 5.35. The molecule has 1 aromatic rings. The highest BCUT2D eigenvalue weighted by atomic mass is 16.1. The Balaban J connectivity index is 1.86. The van der Waals surface area contributed by atoms with Gasteiger partial charge in [-0.25, -0.2) is 0 Å². The highest BCUT2D eigenvalue weighted by Gasteiger charge is 2.38. The van der Waals surface area contributed by atoms with Gasteiger partial charge in [-0.05, 0) is 36.5 Å². The van der Waals surface area contributed by atoms with Crippen molar-refractivity contribution in [2.24, 2.45) is 5.73 Å². The summed E-state index contributed by atoms with van der Waals surface area (Å²) in [6, 6.07) is 6.17. The highest BCUT2D eigenvalue weighted by Crippen LogP contribution is 2.36. The molecular weight excluding hydrogens is 188 g/mol. The van der Waals surface area contributed by atoms with Gasteiger partial charge in [0.25, 0.3) is 0 Å². The van der Waals surface area contributed by atoms with Crippen molar-refractivity contribution >= 4 is 11.6 Å². The molecule has 0 unspecified atom stereocenters. The van der Waals surface area contributed by atoms with E-state index in [1.807, 2.05) is 6.07 Å². The number of fused-ring (bicyclic) bond motifs is 1. The zero-order valence-corrected chi connectivity index (χ0v) is 8.55. The Bertz CT molecular complexity index is 435. The van der Waals surface area contributed by atoms with Crippen LogP contribution in [0.25, 0.3) is 0 Å². The van der Waals surface area contributed by atoms with Crippen LogP contribution in [0, 0.1) is 0 Å². The van der Waals surface area contributed by atoms with Gasteiger partial charge >= 0.3 is 0 Å². The van der Waals surface area contributed by atoms with E-state index >= 15 is 0 Å². The van der Waals surface area contributed by atoms with Crippen molar-refractivity contribution < 1.29 is 4.79 Å². The summed E-state index contributed by atoms with van der Waals surface area (Å²) in [6.45, 7) is 0. The van der Waals surface area contributed by atoms with Gasteiger partial charge in [-0.3, -0.25) is 4.79 Å². The van der Waals surface area contributed by atoms with Crippen LogP contribution in [-0.4, -0.2) is 11.4 Å². The Labute approximate surface area is 88.7 Å². The lowest BCUT2D eigenvalue weighted by Gasteiger charge is -2.09. The maximum absolute atomic E-state index is 11.2. The molecule has 1 saturated carbocycles. The van der Waals surface area contributed by atoms with E-state index < -0.39 is 0 Å². The average molecular weight is 202 g/mol. The van der Waals surface area contributed by atoms with Crippen molar-refractivity contribution in [1.29, 1.82) is 0 Å². The van der Waals surface area contributed by atoms with Crippen molar-refractivity contribution in [3.8, 4) is 0 Å². The van der Waals surface area contributed by atoms with Gasteiger partial charge in [0.2, 0.25) is 5.91 Å². The molecule has 0 aromatic heterocycles. The van der Waals surface area contributed by atoms with Crippen LogP contribution in [0.15, 0.2) is 18.2 Å². The van der Waals surface area contributed by atoms with Gasteiger partial charge in [-0.2, -0.15) is 0 Å². The van der Waals surface area contributed by atoms with Crippen LogP contribution in [0.4, 0.5) is 5.69 Å². The van der Waals surface area contributed by atoms with Gasteiger partial charge in [0, 0.05) is 11.2 Å². The number of rotatable bonds is 2. The standard InChI is InChI=1S/C12H14N2O/c13-12(3-4-12)7-8-1-2-10-9(5-8)6-11(15)14-10/h1-2,5H,3-4,6-7,13H2,(H,14,15). The fourth-order valence-electron chi connectivity index (χ4n) is 2.14. The van der Waals surface area contributed by atoms with Gasteiger partial charge < -0.3 is 11.1 Å². The summed E-state index contributed by atoms with van der Waals surface area (Å²) in [5.41, 5.74) is 9.45. The molecule has 0 saturated heterocycles. The zero-order chi connectivity index (χ0) is 10.5. The predicted octanol–water partition coefficient (Wildman–Crippen LogP) is 1.21. The lowest BCUT2D eigenvalue weighted by atomic mass is 10.0. The molecule has 3 N–H and O–H groups in total. The number of nitrogens with one attached hydrogen (secondary N) is 1. The molecule has 1 aliphatic carbocycles. The third kappa shape index (κ3) is 1.63. The molecule has 0 spiro atoms. The molecule has 3 heteroatoms. The molecule has 3 rings (SSSR count). The molecule has 78 valence electrons. The Morgan fingerprint density at radius 3 is 2.93 bits per heavy atom. The maximum Gasteiger partial charge on any atom is 0.228 e. The first-order valence-electron chi connectivity index (χ1n) is 5.35. The molecule has 15 heavy (non-hydrogen) atoms. The molecule has 0 bridgehead atoms. The average Bonchev–Trinajstić information content (AvgIpc) is 2.76. The van der Waals surface area contributed by atoms with Gasteiger partial charge in [0.15, 0.2) is 0 Å². The third-order valence-electron chi connectivity index (χ3n) is 3.24. The number of benzene rings is 1. The minimum Gasteiger partial charge on any atom is -0.326 e. The molecule has 1 aliphatic heterocycles. The van der Waals surface area contributed by atoms with E-state index in [1.54, 1.807) is 0 Å². The molecule has 0 radical (unpaired) electrons. The summed E-state index contributed by atoms with van der Waals surface area (Å²) in [6.07, 6.45) is 3.71. The lowest BCUT2D eigenvalue weighted by Crippen LogP contribution is -2.24. The monoisotopic (exact) mass is 202 g/mol. The van der Waals surface area contributed by atoms with Gasteiger partial charge in [-0.1, -0.05) is 12.1 Å². The summed E-state index contributed by atoms with van der Waals surface area (Å²) in [5, 5.41) is 2.83. The number of nitrogens with two attached hydrogens (primary N) is 1. The maximum atomic E-state index is 11.2. The number of hydrogen-bond acceptors (Lipinski definition) is 2. The van der Waals surface area contributed by atoms with Crippen LogP contribution in [0.3, 0.4) is 0 Å². The van der Waals surface area contributed by atoms with Crippen LogP contribution in [0.1, 0.15) is 24.0 Å². The van der Waals surface area contributed by atoms with E-state index in [0.29, 0.717) is 6.42 Å². The molecule has 2 aliphatic rings. The fourth-order valence-corrected chi connectivity index (χ4v) is 2.14. The largest absolute Gasteiger partial charge is 0.326 e. The van der Waals surface area contributed by atoms with Crippen molar-refractivity contribution in [3.63, 3.8) is 0 Å². The molecule has 0 atom stereocenters. The number of hydrogen-bond donors (Lipinski definition) is 2. The minimum atomic E-state index is 0.0459. The summed E-state index contributed by atoms with van der Waals surface area (Å²) in [4.78, 5) is 11.2. The molecule has 1 heterocycles. The molecule has 3 nitrogen and oxygen atoms in total.